The van der Waals surface area contributed by atoms with Crippen LogP contribution < -0.4 is 10.5 Å². The Balaban J connectivity index is 2.27. The number of hydrogen-bond acceptors (Lipinski definition) is 3. The molecule has 0 saturated heterocycles. The van der Waals surface area contributed by atoms with Gasteiger partial charge in [-0.2, -0.15) is 4.39 Å². The summed E-state index contributed by atoms with van der Waals surface area (Å²) >= 11 is 0. The molecule has 0 unspecified atom stereocenters. The van der Waals surface area contributed by atoms with E-state index in [9.17, 15) is 9.18 Å². The van der Waals surface area contributed by atoms with Gasteiger partial charge in [-0.05, 0) is 12.1 Å². The van der Waals surface area contributed by atoms with Crippen molar-refractivity contribution >= 4 is 5.91 Å². The Hall–Kier alpha value is -2.37. The van der Waals surface area contributed by atoms with Gasteiger partial charge in [-0.15, -0.1) is 0 Å². The second-order valence-corrected chi connectivity index (χ2v) is 3.94. The highest BCUT2D eigenvalue weighted by Crippen LogP contribution is 2.32. The lowest BCUT2D eigenvalue weighted by atomic mass is 10.2. The van der Waals surface area contributed by atoms with E-state index in [0.717, 1.165) is 0 Å². The molecule has 2 N–H and O–H groups in total. The molecule has 92 valence electrons. The Morgan fingerprint density at radius 2 is 2.22 bits per heavy atom. The highest BCUT2D eigenvalue weighted by molar-refractivity contribution is 5.91. The van der Waals surface area contributed by atoms with Crippen LogP contribution in [0.4, 0.5) is 4.39 Å². The summed E-state index contributed by atoms with van der Waals surface area (Å²) < 4.78 is 20.8. The SMILES string of the molecule is NC(=O)c1nc2n(c1F)CCOc1ccccc1-2. The van der Waals surface area contributed by atoms with Gasteiger partial charge in [0.05, 0.1) is 12.1 Å². The van der Waals surface area contributed by atoms with E-state index in [-0.39, 0.29) is 12.2 Å². The molecule has 18 heavy (non-hydrogen) atoms. The van der Waals surface area contributed by atoms with E-state index in [1.54, 1.807) is 18.2 Å². The zero-order valence-corrected chi connectivity index (χ0v) is 9.39. The van der Waals surface area contributed by atoms with Crippen LogP contribution in [-0.2, 0) is 6.54 Å². The van der Waals surface area contributed by atoms with Gasteiger partial charge in [0.15, 0.2) is 5.69 Å². The highest BCUT2D eigenvalue weighted by Gasteiger charge is 2.25. The third-order valence-corrected chi connectivity index (χ3v) is 2.84. The van der Waals surface area contributed by atoms with Crippen LogP contribution in [-0.4, -0.2) is 22.1 Å². The number of benzene rings is 1. The number of hydrogen-bond donors (Lipinski definition) is 1. The average molecular weight is 247 g/mol. The Morgan fingerprint density at radius 3 is 3.00 bits per heavy atom. The van der Waals surface area contributed by atoms with Gasteiger partial charge in [0, 0.05) is 0 Å². The fourth-order valence-electron chi connectivity index (χ4n) is 2.02. The molecule has 0 aliphatic carbocycles. The summed E-state index contributed by atoms with van der Waals surface area (Å²) in [6, 6.07) is 7.17. The summed E-state index contributed by atoms with van der Waals surface area (Å²) in [6.07, 6.45) is 0. The first kappa shape index (κ1) is 10.8. The number of halogens is 1. The Bertz CT molecular complexity index is 636. The number of carbonyl (C=O) groups is 1. The van der Waals surface area contributed by atoms with E-state index in [2.05, 4.69) is 4.98 Å². The number of rotatable bonds is 1. The summed E-state index contributed by atoms with van der Waals surface area (Å²) in [7, 11) is 0. The minimum atomic E-state index is -0.869. The van der Waals surface area contributed by atoms with Crippen LogP contribution in [0.2, 0.25) is 0 Å². The monoisotopic (exact) mass is 247 g/mol. The number of para-hydroxylation sites is 1. The fourth-order valence-corrected chi connectivity index (χ4v) is 2.02. The minimum absolute atomic E-state index is 0.288. The molecule has 1 aliphatic rings. The molecule has 3 rings (SSSR count). The summed E-state index contributed by atoms with van der Waals surface area (Å²) in [6.45, 7) is 0.603. The molecule has 5 nitrogen and oxygen atoms in total. The molecule has 6 heteroatoms. The number of carbonyl (C=O) groups excluding carboxylic acids is 1. The molecule has 0 radical (unpaired) electrons. The van der Waals surface area contributed by atoms with Gasteiger partial charge in [0.25, 0.3) is 5.91 Å². The number of imidazole rings is 1. The molecule has 1 amide bonds. The van der Waals surface area contributed by atoms with E-state index in [1.807, 2.05) is 6.07 Å². The Labute approximate surface area is 102 Å². The minimum Gasteiger partial charge on any atom is -0.491 e. The van der Waals surface area contributed by atoms with Crippen LogP contribution in [0.5, 0.6) is 5.75 Å². The lowest BCUT2D eigenvalue weighted by Gasteiger charge is -2.04. The second kappa shape index (κ2) is 3.83. The van der Waals surface area contributed by atoms with Crippen molar-refractivity contribution < 1.29 is 13.9 Å². The average Bonchev–Trinajstić information content (AvgIpc) is 2.57. The van der Waals surface area contributed by atoms with Crippen LogP contribution in [0.25, 0.3) is 11.4 Å². The van der Waals surface area contributed by atoms with E-state index in [1.165, 1.54) is 4.57 Å². The molecule has 0 bridgehead atoms. The molecular formula is C12H10FN3O2. The summed E-state index contributed by atoms with van der Waals surface area (Å²) in [4.78, 5) is 15.1. The van der Waals surface area contributed by atoms with Crippen molar-refractivity contribution in [2.45, 2.75) is 6.54 Å². The number of nitrogens with two attached hydrogens (primary N) is 1. The van der Waals surface area contributed by atoms with Crippen molar-refractivity contribution in [2.75, 3.05) is 6.61 Å². The largest absolute Gasteiger partial charge is 0.491 e. The maximum atomic E-state index is 14.0. The molecule has 0 spiro atoms. The molecule has 1 aromatic heterocycles. The maximum absolute atomic E-state index is 14.0. The molecule has 2 heterocycles. The third-order valence-electron chi connectivity index (χ3n) is 2.84. The molecular weight excluding hydrogens is 237 g/mol. The number of amides is 1. The number of nitrogens with zero attached hydrogens (tertiary/aromatic N) is 2. The lowest BCUT2D eigenvalue weighted by molar-refractivity contribution is 0.0991. The topological polar surface area (TPSA) is 70.1 Å². The smallest absolute Gasteiger partial charge is 0.272 e. The standard InChI is InChI=1S/C12H10FN3O2/c13-10-9(11(14)17)15-12-7-3-1-2-4-8(7)18-6-5-16(10)12/h1-4H,5-6H2,(H2,14,17). The van der Waals surface area contributed by atoms with E-state index >= 15 is 0 Å². The first-order chi connectivity index (χ1) is 8.68. The molecule has 0 saturated carbocycles. The van der Waals surface area contributed by atoms with Crippen molar-refractivity contribution in [3.05, 3.63) is 35.9 Å². The molecule has 2 aromatic rings. The van der Waals surface area contributed by atoms with Crippen LogP contribution >= 0.6 is 0 Å². The third kappa shape index (κ3) is 1.46. The highest BCUT2D eigenvalue weighted by atomic mass is 19.1. The van der Waals surface area contributed by atoms with Gasteiger partial charge in [-0.25, -0.2) is 4.98 Å². The number of aromatic nitrogens is 2. The maximum Gasteiger partial charge on any atom is 0.272 e. The van der Waals surface area contributed by atoms with Gasteiger partial charge in [-0.1, -0.05) is 12.1 Å². The zero-order chi connectivity index (χ0) is 12.7. The molecule has 1 aromatic carbocycles. The van der Waals surface area contributed by atoms with Gasteiger partial charge < -0.3 is 10.5 Å². The fraction of sp³-hybridized carbons (Fsp3) is 0.167. The van der Waals surface area contributed by atoms with E-state index in [0.29, 0.717) is 23.7 Å². The first-order valence-corrected chi connectivity index (χ1v) is 5.46. The van der Waals surface area contributed by atoms with Crippen molar-refractivity contribution in [2.24, 2.45) is 5.73 Å². The van der Waals surface area contributed by atoms with Crippen molar-refractivity contribution in [3.8, 4) is 17.1 Å². The Kier molecular flexibility index (Phi) is 2.29. The first-order valence-electron chi connectivity index (χ1n) is 5.46. The van der Waals surface area contributed by atoms with Gasteiger partial charge >= 0.3 is 0 Å². The van der Waals surface area contributed by atoms with Crippen molar-refractivity contribution in [3.63, 3.8) is 0 Å². The summed E-state index contributed by atoms with van der Waals surface area (Å²) in [5.74, 6) is -0.587. The van der Waals surface area contributed by atoms with Gasteiger partial charge in [0.2, 0.25) is 5.95 Å². The summed E-state index contributed by atoms with van der Waals surface area (Å²) in [5.41, 5.74) is 5.42. The molecule has 1 aliphatic heterocycles. The van der Waals surface area contributed by atoms with Crippen LogP contribution in [0.3, 0.4) is 0 Å². The number of fused-ring (bicyclic) bond motifs is 3. The van der Waals surface area contributed by atoms with Crippen LogP contribution in [0.1, 0.15) is 10.5 Å². The van der Waals surface area contributed by atoms with Crippen LogP contribution in [0.15, 0.2) is 24.3 Å². The summed E-state index contributed by atoms with van der Waals surface area (Å²) in [5, 5.41) is 0. The normalized spacial score (nSPS) is 13.2. The molecule has 0 atom stereocenters. The lowest BCUT2D eigenvalue weighted by Crippen LogP contribution is -2.15. The predicted molar refractivity (Wildman–Crippen MR) is 61.6 cm³/mol. The van der Waals surface area contributed by atoms with E-state index in [4.69, 9.17) is 10.5 Å². The van der Waals surface area contributed by atoms with Crippen molar-refractivity contribution in [1.82, 2.24) is 9.55 Å². The second-order valence-electron chi connectivity index (χ2n) is 3.94. The van der Waals surface area contributed by atoms with Crippen LogP contribution in [0, 0.1) is 5.95 Å². The van der Waals surface area contributed by atoms with Crippen molar-refractivity contribution in [1.29, 1.82) is 0 Å². The number of ether oxygens (including phenoxy) is 1. The number of primary amides is 1. The quantitative estimate of drug-likeness (QED) is 0.822. The molecule has 0 fully saturated rings. The Morgan fingerprint density at radius 1 is 1.44 bits per heavy atom. The van der Waals surface area contributed by atoms with Gasteiger partial charge in [0.1, 0.15) is 18.2 Å². The van der Waals surface area contributed by atoms with Gasteiger partial charge in [-0.3, -0.25) is 9.36 Å². The zero-order valence-electron chi connectivity index (χ0n) is 9.39. The predicted octanol–water partition coefficient (Wildman–Crippen LogP) is 1.18. The van der Waals surface area contributed by atoms with E-state index < -0.39 is 11.9 Å².